The molecule has 0 aliphatic carbocycles. The van der Waals surface area contributed by atoms with Gasteiger partial charge in [-0.3, -0.25) is 4.90 Å². The Morgan fingerprint density at radius 2 is 2.53 bits per heavy atom. The first-order valence-electron chi connectivity index (χ1n) is 6.81. The second-order valence-electron chi connectivity index (χ2n) is 5.17. The molecule has 1 aromatic heterocycles. The monoisotopic (exact) mass is 258 g/mol. The summed E-state index contributed by atoms with van der Waals surface area (Å²) < 4.78 is 5.89. The molecule has 5 nitrogen and oxygen atoms in total. The lowest BCUT2D eigenvalue weighted by molar-refractivity contribution is -0.0415. The molecule has 0 aromatic carbocycles. The number of nitrogens with one attached hydrogen (secondary N) is 1. The predicted octanol–water partition coefficient (Wildman–Crippen LogP) is 1.23. The van der Waals surface area contributed by atoms with Crippen molar-refractivity contribution in [2.45, 2.75) is 25.0 Å². The van der Waals surface area contributed by atoms with Crippen molar-refractivity contribution in [3.63, 3.8) is 0 Å². The fraction of sp³-hybridized carbons (Fsp3) is 0.571. The number of nitriles is 1. The van der Waals surface area contributed by atoms with Crippen LogP contribution in [-0.2, 0) is 4.74 Å². The van der Waals surface area contributed by atoms with Gasteiger partial charge in [0.2, 0.25) is 0 Å². The second-order valence-corrected chi connectivity index (χ2v) is 5.17. The van der Waals surface area contributed by atoms with E-state index in [1.165, 1.54) is 19.4 Å². The molecule has 2 saturated heterocycles. The summed E-state index contributed by atoms with van der Waals surface area (Å²) >= 11 is 0. The molecule has 19 heavy (non-hydrogen) atoms. The molecule has 0 bridgehead atoms. The summed E-state index contributed by atoms with van der Waals surface area (Å²) in [5, 5.41) is 12.1. The minimum Gasteiger partial charge on any atom is -0.382 e. The highest BCUT2D eigenvalue weighted by Gasteiger charge is 2.31. The van der Waals surface area contributed by atoms with E-state index in [-0.39, 0.29) is 6.10 Å². The zero-order valence-corrected chi connectivity index (χ0v) is 10.9. The number of ether oxygens (including phenoxy) is 1. The van der Waals surface area contributed by atoms with Crippen molar-refractivity contribution in [2.75, 3.05) is 31.6 Å². The van der Waals surface area contributed by atoms with E-state index in [1.807, 2.05) is 12.1 Å². The molecule has 2 fully saturated rings. The second kappa shape index (κ2) is 5.55. The fourth-order valence-electron chi connectivity index (χ4n) is 2.84. The standard InChI is InChI=1S/C14H18N4O/c15-7-12-6-11(3-4-16-12)17-8-14-9-18-5-1-2-13(18)10-19-14/h3-4,6,13-14H,1-2,5,8-10H2,(H,16,17). The van der Waals surface area contributed by atoms with Gasteiger partial charge < -0.3 is 10.1 Å². The predicted molar refractivity (Wildman–Crippen MR) is 71.8 cm³/mol. The molecule has 0 saturated carbocycles. The van der Waals surface area contributed by atoms with E-state index < -0.39 is 0 Å². The molecular weight excluding hydrogens is 240 g/mol. The Labute approximate surface area is 113 Å². The van der Waals surface area contributed by atoms with E-state index in [9.17, 15) is 0 Å². The van der Waals surface area contributed by atoms with Gasteiger partial charge >= 0.3 is 0 Å². The first-order valence-corrected chi connectivity index (χ1v) is 6.81. The SMILES string of the molecule is N#Cc1cc(NCC2CN3CCCC3CO2)ccn1. The number of aromatic nitrogens is 1. The number of morpholine rings is 1. The molecule has 0 amide bonds. The Morgan fingerprint density at radius 3 is 3.42 bits per heavy atom. The molecular formula is C14H18N4O. The van der Waals surface area contributed by atoms with Crippen molar-refractivity contribution in [1.29, 1.82) is 5.26 Å². The van der Waals surface area contributed by atoms with Crippen LogP contribution in [0.5, 0.6) is 0 Å². The molecule has 0 radical (unpaired) electrons. The lowest BCUT2D eigenvalue weighted by Gasteiger charge is -2.35. The lowest BCUT2D eigenvalue weighted by atomic mass is 10.2. The van der Waals surface area contributed by atoms with Crippen molar-refractivity contribution < 1.29 is 4.74 Å². The molecule has 2 unspecified atom stereocenters. The number of anilines is 1. The van der Waals surface area contributed by atoms with E-state index >= 15 is 0 Å². The third-order valence-corrected chi connectivity index (χ3v) is 3.87. The number of hydrogen-bond acceptors (Lipinski definition) is 5. The van der Waals surface area contributed by atoms with Crippen LogP contribution in [0.2, 0.25) is 0 Å². The zero-order valence-electron chi connectivity index (χ0n) is 10.9. The van der Waals surface area contributed by atoms with Crippen LogP contribution >= 0.6 is 0 Å². The van der Waals surface area contributed by atoms with Crippen LogP contribution < -0.4 is 5.32 Å². The maximum absolute atomic E-state index is 8.81. The molecule has 5 heteroatoms. The highest BCUT2D eigenvalue weighted by atomic mass is 16.5. The molecule has 1 N–H and O–H groups in total. The third kappa shape index (κ3) is 2.86. The fourth-order valence-corrected chi connectivity index (χ4v) is 2.84. The summed E-state index contributed by atoms with van der Waals surface area (Å²) in [5.41, 5.74) is 1.37. The minimum atomic E-state index is 0.230. The van der Waals surface area contributed by atoms with Crippen LogP contribution in [0.15, 0.2) is 18.3 Å². The normalized spacial score (nSPS) is 26.7. The highest BCUT2D eigenvalue weighted by Crippen LogP contribution is 2.22. The van der Waals surface area contributed by atoms with Gasteiger partial charge in [-0.05, 0) is 31.5 Å². The lowest BCUT2D eigenvalue weighted by Crippen LogP contribution is -2.48. The topological polar surface area (TPSA) is 61.2 Å². The Balaban J connectivity index is 1.53. The van der Waals surface area contributed by atoms with Crippen LogP contribution in [0.1, 0.15) is 18.5 Å². The van der Waals surface area contributed by atoms with Crippen LogP contribution in [0.4, 0.5) is 5.69 Å². The first kappa shape index (κ1) is 12.4. The van der Waals surface area contributed by atoms with Crippen LogP contribution in [0.25, 0.3) is 0 Å². The number of rotatable bonds is 3. The van der Waals surface area contributed by atoms with Gasteiger partial charge in [0, 0.05) is 31.0 Å². The van der Waals surface area contributed by atoms with Gasteiger partial charge in [0.05, 0.1) is 12.7 Å². The van der Waals surface area contributed by atoms with Gasteiger partial charge in [0.25, 0.3) is 0 Å². The highest BCUT2D eigenvalue weighted by molar-refractivity contribution is 5.45. The third-order valence-electron chi connectivity index (χ3n) is 3.87. The summed E-state index contributed by atoms with van der Waals surface area (Å²) in [4.78, 5) is 6.49. The van der Waals surface area contributed by atoms with Crippen molar-refractivity contribution in [3.8, 4) is 6.07 Å². The molecule has 1 aromatic rings. The maximum Gasteiger partial charge on any atom is 0.142 e. The summed E-state index contributed by atoms with van der Waals surface area (Å²) in [6.07, 6.45) is 4.45. The number of fused-ring (bicyclic) bond motifs is 1. The van der Waals surface area contributed by atoms with Crippen molar-refractivity contribution >= 4 is 5.69 Å². The van der Waals surface area contributed by atoms with Gasteiger partial charge in [0.15, 0.2) is 0 Å². The number of hydrogen-bond donors (Lipinski definition) is 1. The summed E-state index contributed by atoms with van der Waals surface area (Å²) in [6.45, 7) is 3.84. The van der Waals surface area contributed by atoms with Gasteiger partial charge in [-0.25, -0.2) is 4.98 Å². The Morgan fingerprint density at radius 1 is 1.58 bits per heavy atom. The average molecular weight is 258 g/mol. The Hall–Kier alpha value is -1.64. The summed E-state index contributed by atoms with van der Waals surface area (Å²) in [6, 6.07) is 6.33. The quantitative estimate of drug-likeness (QED) is 0.883. The van der Waals surface area contributed by atoms with E-state index in [1.54, 1.807) is 12.3 Å². The first-order chi connectivity index (χ1) is 9.35. The summed E-state index contributed by atoms with van der Waals surface area (Å²) in [5.74, 6) is 0. The van der Waals surface area contributed by atoms with E-state index in [0.717, 1.165) is 25.4 Å². The van der Waals surface area contributed by atoms with Crippen LogP contribution in [0, 0.1) is 11.3 Å². The Kier molecular flexibility index (Phi) is 3.62. The molecule has 2 aliphatic rings. The van der Waals surface area contributed by atoms with Crippen molar-refractivity contribution in [1.82, 2.24) is 9.88 Å². The number of pyridine rings is 1. The summed E-state index contributed by atoms with van der Waals surface area (Å²) in [7, 11) is 0. The molecule has 2 aliphatic heterocycles. The smallest absolute Gasteiger partial charge is 0.142 e. The maximum atomic E-state index is 8.81. The average Bonchev–Trinajstić information content (AvgIpc) is 2.93. The van der Waals surface area contributed by atoms with Gasteiger partial charge in [0.1, 0.15) is 11.8 Å². The Bertz CT molecular complexity index is 485. The van der Waals surface area contributed by atoms with Gasteiger partial charge in [-0.15, -0.1) is 0 Å². The molecule has 3 heterocycles. The molecule has 3 rings (SSSR count). The molecule has 2 atom stereocenters. The molecule has 0 spiro atoms. The van der Waals surface area contributed by atoms with Gasteiger partial charge in [-0.2, -0.15) is 5.26 Å². The van der Waals surface area contributed by atoms with E-state index in [4.69, 9.17) is 10.00 Å². The minimum absolute atomic E-state index is 0.230. The van der Waals surface area contributed by atoms with E-state index in [2.05, 4.69) is 15.2 Å². The number of nitrogens with zero attached hydrogens (tertiary/aromatic N) is 3. The zero-order chi connectivity index (χ0) is 13.1. The largest absolute Gasteiger partial charge is 0.382 e. The van der Waals surface area contributed by atoms with Gasteiger partial charge in [-0.1, -0.05) is 0 Å². The van der Waals surface area contributed by atoms with Crippen molar-refractivity contribution in [3.05, 3.63) is 24.0 Å². The van der Waals surface area contributed by atoms with E-state index in [0.29, 0.717) is 11.7 Å². The van der Waals surface area contributed by atoms with Crippen LogP contribution in [0.3, 0.4) is 0 Å². The van der Waals surface area contributed by atoms with Crippen LogP contribution in [-0.4, -0.2) is 48.3 Å². The van der Waals surface area contributed by atoms with Crippen molar-refractivity contribution in [2.24, 2.45) is 0 Å². The molecule has 100 valence electrons.